The summed E-state index contributed by atoms with van der Waals surface area (Å²) in [4.78, 5) is 12.2. The molecule has 5 heteroatoms. The molecular formula is C16H19NO3S. The van der Waals surface area contributed by atoms with Crippen molar-refractivity contribution in [3.8, 4) is 5.75 Å². The first-order valence-corrected chi connectivity index (χ1v) is 7.59. The highest BCUT2D eigenvalue weighted by Crippen LogP contribution is 2.25. The molecule has 0 aliphatic rings. The van der Waals surface area contributed by atoms with Gasteiger partial charge in [-0.1, -0.05) is 6.07 Å². The van der Waals surface area contributed by atoms with Crippen molar-refractivity contribution in [1.29, 1.82) is 0 Å². The fourth-order valence-electron chi connectivity index (χ4n) is 2.15. The zero-order valence-corrected chi connectivity index (χ0v) is 13.1. The molecule has 1 amide bonds. The standard InChI is InChI=1S/C16H19NO3S/c1-10-6-11(2)14(18)13(7-10)15(19)17-9-16(3,20)12-4-5-21-8-12/h4-8,18,20H,9H2,1-3H3,(H,17,19). The minimum atomic E-state index is -1.13. The molecule has 21 heavy (non-hydrogen) atoms. The summed E-state index contributed by atoms with van der Waals surface area (Å²) in [5.41, 5.74) is 1.42. The Morgan fingerprint density at radius 2 is 2.10 bits per heavy atom. The Morgan fingerprint density at radius 3 is 2.71 bits per heavy atom. The SMILES string of the molecule is Cc1cc(C)c(O)c(C(=O)NCC(C)(O)c2ccsc2)c1. The van der Waals surface area contributed by atoms with E-state index in [1.807, 2.05) is 29.8 Å². The van der Waals surface area contributed by atoms with Gasteiger partial charge in [0.15, 0.2) is 0 Å². The zero-order valence-electron chi connectivity index (χ0n) is 12.3. The summed E-state index contributed by atoms with van der Waals surface area (Å²) in [5, 5.41) is 26.8. The normalized spacial score (nSPS) is 13.7. The van der Waals surface area contributed by atoms with Crippen LogP contribution in [0.1, 0.15) is 34.0 Å². The summed E-state index contributed by atoms with van der Waals surface area (Å²) in [5.74, 6) is -0.414. The molecule has 0 spiro atoms. The number of hydrogen-bond donors (Lipinski definition) is 3. The first-order valence-electron chi connectivity index (χ1n) is 6.65. The molecule has 0 aliphatic heterocycles. The summed E-state index contributed by atoms with van der Waals surface area (Å²) >= 11 is 1.49. The van der Waals surface area contributed by atoms with Gasteiger partial charge in [0.05, 0.1) is 12.1 Å². The zero-order chi connectivity index (χ0) is 15.6. The maximum atomic E-state index is 12.2. The van der Waals surface area contributed by atoms with Crippen LogP contribution in [0.5, 0.6) is 5.75 Å². The van der Waals surface area contributed by atoms with Gasteiger partial charge in [-0.2, -0.15) is 11.3 Å². The van der Waals surface area contributed by atoms with Crippen LogP contribution >= 0.6 is 11.3 Å². The summed E-state index contributed by atoms with van der Waals surface area (Å²) in [6.45, 7) is 5.34. The van der Waals surface area contributed by atoms with Crippen molar-refractivity contribution in [1.82, 2.24) is 5.32 Å². The lowest BCUT2D eigenvalue weighted by atomic mass is 9.99. The van der Waals surface area contributed by atoms with Crippen molar-refractivity contribution in [3.05, 3.63) is 51.2 Å². The van der Waals surface area contributed by atoms with Crippen LogP contribution in [0.4, 0.5) is 0 Å². The Morgan fingerprint density at radius 1 is 1.38 bits per heavy atom. The second-order valence-electron chi connectivity index (χ2n) is 5.45. The van der Waals surface area contributed by atoms with E-state index in [4.69, 9.17) is 0 Å². The number of benzene rings is 1. The monoisotopic (exact) mass is 305 g/mol. The van der Waals surface area contributed by atoms with Gasteiger partial charge in [-0.15, -0.1) is 0 Å². The van der Waals surface area contributed by atoms with Gasteiger partial charge in [0, 0.05) is 0 Å². The summed E-state index contributed by atoms with van der Waals surface area (Å²) in [6, 6.07) is 5.27. The third-order valence-electron chi connectivity index (χ3n) is 3.43. The fraction of sp³-hybridized carbons (Fsp3) is 0.312. The molecule has 4 nitrogen and oxygen atoms in total. The third-order valence-corrected chi connectivity index (χ3v) is 4.11. The Hall–Kier alpha value is -1.85. The van der Waals surface area contributed by atoms with E-state index < -0.39 is 11.5 Å². The smallest absolute Gasteiger partial charge is 0.255 e. The molecule has 0 fully saturated rings. The minimum absolute atomic E-state index is 0.0201. The lowest BCUT2D eigenvalue weighted by molar-refractivity contribution is 0.0529. The Balaban J connectivity index is 2.13. The molecule has 2 rings (SSSR count). The Labute approximate surface area is 128 Å². The van der Waals surface area contributed by atoms with Crippen molar-refractivity contribution < 1.29 is 15.0 Å². The number of rotatable bonds is 4. The molecule has 0 bridgehead atoms. The maximum absolute atomic E-state index is 12.2. The predicted octanol–water partition coefficient (Wildman–Crippen LogP) is 2.71. The van der Waals surface area contributed by atoms with Crippen LogP contribution in [0.2, 0.25) is 0 Å². The van der Waals surface area contributed by atoms with E-state index in [0.717, 1.165) is 11.1 Å². The predicted molar refractivity (Wildman–Crippen MR) is 83.8 cm³/mol. The van der Waals surface area contributed by atoms with Gasteiger partial charge in [0.25, 0.3) is 5.91 Å². The van der Waals surface area contributed by atoms with Crippen molar-refractivity contribution >= 4 is 17.2 Å². The van der Waals surface area contributed by atoms with Crippen LogP contribution in [-0.4, -0.2) is 22.7 Å². The van der Waals surface area contributed by atoms with Gasteiger partial charge in [0.1, 0.15) is 11.4 Å². The van der Waals surface area contributed by atoms with Crippen molar-refractivity contribution in [2.24, 2.45) is 0 Å². The van der Waals surface area contributed by atoms with Crippen molar-refractivity contribution in [2.75, 3.05) is 6.54 Å². The van der Waals surface area contributed by atoms with Gasteiger partial charge in [0.2, 0.25) is 0 Å². The molecule has 1 heterocycles. The van der Waals surface area contributed by atoms with E-state index in [9.17, 15) is 15.0 Å². The van der Waals surface area contributed by atoms with Gasteiger partial charge < -0.3 is 15.5 Å². The fourth-order valence-corrected chi connectivity index (χ4v) is 2.94. The number of phenols is 1. The molecule has 112 valence electrons. The molecule has 1 unspecified atom stereocenters. The first-order chi connectivity index (χ1) is 9.81. The quantitative estimate of drug-likeness (QED) is 0.813. The number of aryl methyl sites for hydroxylation is 2. The molecule has 2 aromatic rings. The topological polar surface area (TPSA) is 69.6 Å². The molecule has 1 atom stereocenters. The van der Waals surface area contributed by atoms with E-state index in [-0.39, 0.29) is 17.9 Å². The minimum Gasteiger partial charge on any atom is -0.507 e. The number of carbonyl (C=O) groups excluding carboxylic acids is 1. The Bertz CT molecular complexity index is 648. The summed E-state index contributed by atoms with van der Waals surface area (Å²) in [6.07, 6.45) is 0. The molecule has 1 aromatic heterocycles. The number of amides is 1. The van der Waals surface area contributed by atoms with Crippen molar-refractivity contribution in [3.63, 3.8) is 0 Å². The largest absolute Gasteiger partial charge is 0.507 e. The summed E-state index contributed by atoms with van der Waals surface area (Å²) in [7, 11) is 0. The lowest BCUT2D eigenvalue weighted by Crippen LogP contribution is -2.38. The van der Waals surface area contributed by atoms with Crippen LogP contribution in [-0.2, 0) is 5.60 Å². The summed E-state index contributed by atoms with van der Waals surface area (Å²) < 4.78 is 0. The van der Waals surface area contributed by atoms with Crippen LogP contribution in [0, 0.1) is 13.8 Å². The number of carbonyl (C=O) groups is 1. The van der Waals surface area contributed by atoms with E-state index in [1.54, 1.807) is 19.9 Å². The second-order valence-corrected chi connectivity index (χ2v) is 6.23. The number of nitrogens with one attached hydrogen (secondary N) is 1. The number of phenolic OH excluding ortho intramolecular Hbond substituents is 1. The second kappa shape index (κ2) is 5.87. The number of aromatic hydroxyl groups is 1. The molecule has 0 saturated carbocycles. The molecule has 3 N–H and O–H groups in total. The number of hydrogen-bond acceptors (Lipinski definition) is 4. The average Bonchev–Trinajstić information content (AvgIpc) is 2.95. The lowest BCUT2D eigenvalue weighted by Gasteiger charge is -2.23. The number of aliphatic hydroxyl groups is 1. The highest BCUT2D eigenvalue weighted by atomic mass is 32.1. The maximum Gasteiger partial charge on any atom is 0.255 e. The average molecular weight is 305 g/mol. The van der Waals surface area contributed by atoms with E-state index >= 15 is 0 Å². The van der Waals surface area contributed by atoms with E-state index in [0.29, 0.717) is 5.56 Å². The molecular weight excluding hydrogens is 286 g/mol. The van der Waals surface area contributed by atoms with Gasteiger partial charge >= 0.3 is 0 Å². The van der Waals surface area contributed by atoms with Gasteiger partial charge in [-0.05, 0) is 60.4 Å². The van der Waals surface area contributed by atoms with Crippen molar-refractivity contribution in [2.45, 2.75) is 26.4 Å². The van der Waals surface area contributed by atoms with Crippen LogP contribution in [0.15, 0.2) is 29.0 Å². The number of thiophene rings is 1. The molecule has 0 aliphatic carbocycles. The van der Waals surface area contributed by atoms with Crippen LogP contribution < -0.4 is 5.32 Å². The van der Waals surface area contributed by atoms with Gasteiger partial charge in [-0.3, -0.25) is 4.79 Å². The highest BCUT2D eigenvalue weighted by Gasteiger charge is 2.25. The highest BCUT2D eigenvalue weighted by molar-refractivity contribution is 7.08. The van der Waals surface area contributed by atoms with Crippen LogP contribution in [0.3, 0.4) is 0 Å². The van der Waals surface area contributed by atoms with Gasteiger partial charge in [-0.25, -0.2) is 0 Å². The van der Waals surface area contributed by atoms with Crippen LogP contribution in [0.25, 0.3) is 0 Å². The van der Waals surface area contributed by atoms with E-state index in [2.05, 4.69) is 5.32 Å². The molecule has 0 radical (unpaired) electrons. The first kappa shape index (κ1) is 15.5. The van der Waals surface area contributed by atoms with E-state index in [1.165, 1.54) is 11.3 Å². The third kappa shape index (κ3) is 3.43. The molecule has 1 aromatic carbocycles. The Kier molecular flexibility index (Phi) is 4.34. The molecule has 0 saturated heterocycles.